The van der Waals surface area contributed by atoms with Crippen molar-refractivity contribution in [1.29, 1.82) is 0 Å². The fourth-order valence-corrected chi connectivity index (χ4v) is 3.40. The number of nitrogens with one attached hydrogen (secondary N) is 1. The molecule has 1 aromatic carbocycles. The summed E-state index contributed by atoms with van der Waals surface area (Å²) in [4.78, 5) is 12.7. The number of hydrogen-bond donors (Lipinski definition) is 2. The number of hydrogen-bond acceptors (Lipinski definition) is 3. The van der Waals surface area contributed by atoms with E-state index in [1.54, 1.807) is 6.92 Å². The zero-order valence-corrected chi connectivity index (χ0v) is 14.3. The molecular formula is C17H27NO2S. The predicted octanol–water partition coefficient (Wildman–Crippen LogP) is 4.10. The summed E-state index contributed by atoms with van der Waals surface area (Å²) < 4.78 is 0. The first-order valence-electron chi connectivity index (χ1n) is 7.54. The molecule has 1 rings (SSSR count). The van der Waals surface area contributed by atoms with Crippen LogP contribution in [0.4, 0.5) is 0 Å². The van der Waals surface area contributed by atoms with Crippen LogP contribution >= 0.6 is 11.8 Å². The van der Waals surface area contributed by atoms with Gasteiger partial charge >= 0.3 is 5.97 Å². The van der Waals surface area contributed by atoms with E-state index in [9.17, 15) is 9.90 Å². The minimum absolute atomic E-state index is 0.174. The lowest BCUT2D eigenvalue weighted by Crippen LogP contribution is -2.52. The van der Waals surface area contributed by atoms with Gasteiger partial charge in [-0.3, -0.25) is 10.1 Å². The molecule has 0 heterocycles. The third kappa shape index (κ3) is 6.10. The Morgan fingerprint density at radius 1 is 1.33 bits per heavy atom. The predicted molar refractivity (Wildman–Crippen MR) is 90.1 cm³/mol. The molecule has 0 saturated carbocycles. The summed E-state index contributed by atoms with van der Waals surface area (Å²) in [5.74, 6) is 0.269. The lowest BCUT2D eigenvalue weighted by molar-refractivity contribution is -0.144. The molecule has 0 bridgehead atoms. The van der Waals surface area contributed by atoms with Gasteiger partial charge in [0.15, 0.2) is 0 Å². The van der Waals surface area contributed by atoms with Gasteiger partial charge in [-0.1, -0.05) is 24.6 Å². The largest absolute Gasteiger partial charge is 0.480 e. The molecule has 0 radical (unpaired) electrons. The van der Waals surface area contributed by atoms with Gasteiger partial charge in [0.05, 0.1) is 0 Å². The third-order valence-electron chi connectivity index (χ3n) is 3.50. The van der Waals surface area contributed by atoms with Crippen molar-refractivity contribution in [2.45, 2.75) is 63.4 Å². The second-order valence-electron chi connectivity index (χ2n) is 6.01. The highest BCUT2D eigenvalue weighted by Gasteiger charge is 2.32. The highest BCUT2D eigenvalue weighted by Crippen LogP contribution is 2.24. The van der Waals surface area contributed by atoms with E-state index in [0.29, 0.717) is 6.42 Å². The van der Waals surface area contributed by atoms with Crippen LogP contribution in [0.3, 0.4) is 0 Å². The van der Waals surface area contributed by atoms with Crippen molar-refractivity contribution in [1.82, 2.24) is 5.32 Å². The first kappa shape index (κ1) is 18.1. The number of carboxylic acid groups (broad SMARTS) is 1. The van der Waals surface area contributed by atoms with Crippen LogP contribution in [0.2, 0.25) is 0 Å². The number of benzene rings is 1. The highest BCUT2D eigenvalue weighted by atomic mass is 32.2. The number of carbonyl (C=O) groups is 1. The van der Waals surface area contributed by atoms with Crippen LogP contribution in [0.5, 0.6) is 0 Å². The fourth-order valence-electron chi connectivity index (χ4n) is 2.36. The van der Waals surface area contributed by atoms with Gasteiger partial charge < -0.3 is 5.11 Å². The summed E-state index contributed by atoms with van der Waals surface area (Å²) in [5.41, 5.74) is 0.487. The molecule has 0 saturated heterocycles. The van der Waals surface area contributed by atoms with Gasteiger partial charge in [0, 0.05) is 10.9 Å². The highest BCUT2D eigenvalue weighted by molar-refractivity contribution is 7.99. The average Bonchev–Trinajstić information content (AvgIpc) is 2.39. The molecular weight excluding hydrogens is 282 g/mol. The lowest BCUT2D eigenvalue weighted by Gasteiger charge is -2.28. The van der Waals surface area contributed by atoms with Gasteiger partial charge in [0.2, 0.25) is 0 Å². The number of aryl methyl sites for hydroxylation is 1. The lowest BCUT2D eigenvalue weighted by atomic mass is 9.94. The van der Waals surface area contributed by atoms with Crippen LogP contribution in [0, 0.1) is 6.92 Å². The van der Waals surface area contributed by atoms with Crippen LogP contribution in [0.1, 0.15) is 45.6 Å². The van der Waals surface area contributed by atoms with Crippen LogP contribution in [-0.2, 0) is 4.79 Å². The Labute approximate surface area is 132 Å². The molecule has 0 aromatic heterocycles. The summed E-state index contributed by atoms with van der Waals surface area (Å²) in [6.45, 7) is 7.87. The summed E-state index contributed by atoms with van der Waals surface area (Å²) >= 11 is 1.85. The van der Waals surface area contributed by atoms with Crippen molar-refractivity contribution in [3.8, 4) is 0 Å². The number of carboxylic acids is 1. The molecule has 2 N–H and O–H groups in total. The molecule has 21 heavy (non-hydrogen) atoms. The number of thioether (sulfide) groups is 1. The molecule has 3 nitrogen and oxygen atoms in total. The first-order chi connectivity index (χ1) is 9.85. The Bertz CT molecular complexity index is 462. The van der Waals surface area contributed by atoms with Crippen molar-refractivity contribution >= 4 is 17.7 Å². The maximum absolute atomic E-state index is 11.4. The van der Waals surface area contributed by atoms with Crippen molar-refractivity contribution in [3.63, 3.8) is 0 Å². The van der Waals surface area contributed by atoms with Gasteiger partial charge in [0.1, 0.15) is 5.54 Å². The van der Waals surface area contributed by atoms with E-state index in [1.807, 2.05) is 25.6 Å². The first-order valence-corrected chi connectivity index (χ1v) is 8.53. The van der Waals surface area contributed by atoms with E-state index in [2.05, 4.69) is 36.5 Å². The summed E-state index contributed by atoms with van der Waals surface area (Å²) in [5, 5.41) is 12.6. The number of aliphatic carboxylic acids is 1. The Hall–Kier alpha value is -1.00. The second kappa shape index (κ2) is 8.44. The molecule has 1 atom stereocenters. The van der Waals surface area contributed by atoms with E-state index in [4.69, 9.17) is 0 Å². The summed E-state index contributed by atoms with van der Waals surface area (Å²) in [6, 6.07) is 8.55. The van der Waals surface area contributed by atoms with Crippen molar-refractivity contribution in [3.05, 3.63) is 29.8 Å². The third-order valence-corrected chi connectivity index (χ3v) is 4.76. The Morgan fingerprint density at radius 2 is 2.00 bits per heavy atom. The number of rotatable bonds is 9. The molecule has 4 heteroatoms. The molecule has 1 aromatic rings. The van der Waals surface area contributed by atoms with Gasteiger partial charge in [-0.15, -0.1) is 11.8 Å². The molecule has 118 valence electrons. The molecule has 0 fully saturated rings. The monoisotopic (exact) mass is 309 g/mol. The summed E-state index contributed by atoms with van der Waals surface area (Å²) in [7, 11) is 0. The molecule has 0 aliphatic heterocycles. The molecule has 1 unspecified atom stereocenters. The zero-order chi connectivity index (χ0) is 15.9. The summed E-state index contributed by atoms with van der Waals surface area (Å²) in [6.07, 6.45) is 2.61. The van der Waals surface area contributed by atoms with Gasteiger partial charge in [-0.2, -0.15) is 0 Å². The van der Waals surface area contributed by atoms with Crippen molar-refractivity contribution < 1.29 is 9.90 Å². The minimum atomic E-state index is -0.818. The smallest absolute Gasteiger partial charge is 0.323 e. The van der Waals surface area contributed by atoms with E-state index in [0.717, 1.165) is 18.6 Å². The van der Waals surface area contributed by atoms with Crippen molar-refractivity contribution in [2.24, 2.45) is 0 Å². The Morgan fingerprint density at radius 3 is 2.57 bits per heavy atom. The normalized spacial score (nSPS) is 14.1. The van der Waals surface area contributed by atoms with E-state index >= 15 is 0 Å². The molecule has 0 aliphatic carbocycles. The van der Waals surface area contributed by atoms with E-state index < -0.39 is 11.5 Å². The second-order valence-corrected chi connectivity index (χ2v) is 7.14. The van der Waals surface area contributed by atoms with Crippen LogP contribution in [0.25, 0.3) is 0 Å². The average molecular weight is 309 g/mol. The fraction of sp³-hybridized carbons (Fsp3) is 0.588. The van der Waals surface area contributed by atoms with E-state index in [1.165, 1.54) is 10.5 Å². The Kier molecular flexibility index (Phi) is 7.26. The topological polar surface area (TPSA) is 49.3 Å². The van der Waals surface area contributed by atoms with Gasteiger partial charge in [-0.25, -0.2) is 0 Å². The van der Waals surface area contributed by atoms with Crippen LogP contribution < -0.4 is 5.32 Å². The Balaban J connectivity index is 2.35. The van der Waals surface area contributed by atoms with Crippen LogP contribution in [0.15, 0.2) is 29.2 Å². The number of unbranched alkanes of at least 4 members (excludes halogenated alkanes) is 1. The maximum Gasteiger partial charge on any atom is 0.323 e. The quantitative estimate of drug-likeness (QED) is 0.532. The van der Waals surface area contributed by atoms with Crippen molar-refractivity contribution in [2.75, 3.05) is 5.75 Å². The molecule has 0 amide bonds. The standard InChI is InChI=1S/C17H27NO2S/c1-13(2)18-17(4,16(19)20)11-7-8-12-21-15-10-6-5-9-14(15)3/h5-6,9-10,13,18H,7-8,11-12H2,1-4H3,(H,19,20). The van der Waals surface area contributed by atoms with Gasteiger partial charge in [-0.05, 0) is 57.9 Å². The van der Waals surface area contributed by atoms with E-state index in [-0.39, 0.29) is 6.04 Å². The SMILES string of the molecule is Cc1ccccc1SCCCCC(C)(NC(C)C)C(=O)O. The molecule has 0 aliphatic rings. The maximum atomic E-state index is 11.4. The minimum Gasteiger partial charge on any atom is -0.480 e. The van der Waals surface area contributed by atoms with Gasteiger partial charge in [0.25, 0.3) is 0 Å². The van der Waals surface area contributed by atoms with Crippen LogP contribution in [-0.4, -0.2) is 28.4 Å². The zero-order valence-electron chi connectivity index (χ0n) is 13.5. The molecule has 0 spiro atoms.